The van der Waals surface area contributed by atoms with Crippen LogP contribution in [0.5, 0.6) is 0 Å². The van der Waals surface area contributed by atoms with Crippen LogP contribution in [0.25, 0.3) is 0 Å². The lowest BCUT2D eigenvalue weighted by molar-refractivity contribution is -0.0147. The Kier molecular flexibility index (Phi) is 2.65. The Balaban J connectivity index is 2.01. The summed E-state index contributed by atoms with van der Waals surface area (Å²) in [5, 5.41) is 0. The van der Waals surface area contributed by atoms with E-state index in [1.807, 2.05) is 25.7 Å². The number of nitrogens with zero attached hydrogens (tertiary/aromatic N) is 1. The summed E-state index contributed by atoms with van der Waals surface area (Å²) in [6, 6.07) is 0.267. The Labute approximate surface area is 97.1 Å². The van der Waals surface area contributed by atoms with E-state index in [2.05, 4.69) is 0 Å². The molecule has 0 aromatic rings. The maximum atomic E-state index is 12.0. The minimum atomic E-state index is -0.410. The van der Waals surface area contributed by atoms with Crippen LogP contribution in [0, 0.1) is 0 Å². The first kappa shape index (κ1) is 11.7. The quantitative estimate of drug-likeness (QED) is 0.686. The SMILES string of the molecule is CC(C)(C)OC(=O)N1CCCC12CC(N)C2. The fourth-order valence-corrected chi connectivity index (χ4v) is 2.88. The first-order valence-corrected chi connectivity index (χ1v) is 6.09. The van der Waals surface area contributed by atoms with Crippen molar-refractivity contribution in [3.63, 3.8) is 0 Å². The first-order chi connectivity index (χ1) is 7.32. The highest BCUT2D eigenvalue weighted by molar-refractivity contribution is 5.70. The average molecular weight is 226 g/mol. The summed E-state index contributed by atoms with van der Waals surface area (Å²) in [4.78, 5) is 13.9. The van der Waals surface area contributed by atoms with E-state index < -0.39 is 5.60 Å². The molecule has 0 aromatic heterocycles. The molecule has 1 amide bonds. The summed E-state index contributed by atoms with van der Waals surface area (Å²) in [6.07, 6.45) is 3.86. The van der Waals surface area contributed by atoms with Crippen LogP contribution in [-0.4, -0.2) is 34.7 Å². The minimum Gasteiger partial charge on any atom is -0.444 e. The van der Waals surface area contributed by atoms with Gasteiger partial charge in [-0.05, 0) is 46.5 Å². The summed E-state index contributed by atoms with van der Waals surface area (Å²) in [7, 11) is 0. The topological polar surface area (TPSA) is 55.6 Å². The number of carbonyl (C=O) groups is 1. The summed E-state index contributed by atoms with van der Waals surface area (Å²) < 4.78 is 5.43. The third-order valence-corrected chi connectivity index (χ3v) is 3.49. The smallest absolute Gasteiger partial charge is 0.410 e. The second-order valence-electron chi connectivity index (χ2n) is 6.13. The van der Waals surface area contributed by atoms with Crippen LogP contribution in [0.1, 0.15) is 46.5 Å². The van der Waals surface area contributed by atoms with Crippen molar-refractivity contribution in [1.82, 2.24) is 4.90 Å². The van der Waals surface area contributed by atoms with E-state index >= 15 is 0 Å². The third-order valence-electron chi connectivity index (χ3n) is 3.49. The van der Waals surface area contributed by atoms with Crippen molar-refractivity contribution in [2.75, 3.05) is 6.54 Å². The molecule has 0 radical (unpaired) electrons. The molecule has 1 spiro atoms. The predicted octanol–water partition coefficient (Wildman–Crippen LogP) is 1.88. The van der Waals surface area contributed by atoms with E-state index in [1.54, 1.807) is 0 Å². The monoisotopic (exact) mass is 226 g/mol. The van der Waals surface area contributed by atoms with Gasteiger partial charge in [-0.15, -0.1) is 0 Å². The lowest BCUT2D eigenvalue weighted by Crippen LogP contribution is -2.60. The highest BCUT2D eigenvalue weighted by atomic mass is 16.6. The molecule has 0 atom stereocenters. The molecule has 0 aromatic carbocycles. The maximum Gasteiger partial charge on any atom is 0.410 e. The van der Waals surface area contributed by atoms with Crippen molar-refractivity contribution < 1.29 is 9.53 Å². The molecule has 16 heavy (non-hydrogen) atoms. The summed E-state index contributed by atoms with van der Waals surface area (Å²) in [5.41, 5.74) is 5.46. The van der Waals surface area contributed by atoms with E-state index in [9.17, 15) is 4.79 Å². The van der Waals surface area contributed by atoms with Crippen molar-refractivity contribution in [3.05, 3.63) is 0 Å². The van der Waals surface area contributed by atoms with Gasteiger partial charge in [-0.1, -0.05) is 0 Å². The molecule has 4 nitrogen and oxygen atoms in total. The van der Waals surface area contributed by atoms with Gasteiger partial charge in [0.2, 0.25) is 0 Å². The van der Waals surface area contributed by atoms with Crippen molar-refractivity contribution in [2.45, 2.75) is 63.6 Å². The van der Waals surface area contributed by atoms with Gasteiger partial charge in [0.25, 0.3) is 0 Å². The molecular weight excluding hydrogens is 204 g/mol. The van der Waals surface area contributed by atoms with Crippen LogP contribution in [-0.2, 0) is 4.74 Å². The van der Waals surface area contributed by atoms with Gasteiger partial charge >= 0.3 is 6.09 Å². The molecule has 1 saturated carbocycles. The molecule has 1 saturated heterocycles. The largest absolute Gasteiger partial charge is 0.444 e. The Morgan fingerprint density at radius 1 is 1.44 bits per heavy atom. The van der Waals surface area contributed by atoms with E-state index in [-0.39, 0.29) is 17.7 Å². The van der Waals surface area contributed by atoms with E-state index in [0.29, 0.717) is 0 Å². The fourth-order valence-electron chi connectivity index (χ4n) is 2.88. The van der Waals surface area contributed by atoms with Gasteiger partial charge in [0.05, 0.1) is 0 Å². The predicted molar refractivity (Wildman–Crippen MR) is 62.1 cm³/mol. The van der Waals surface area contributed by atoms with Crippen LogP contribution in [0.3, 0.4) is 0 Å². The Morgan fingerprint density at radius 2 is 2.06 bits per heavy atom. The van der Waals surface area contributed by atoms with E-state index in [0.717, 1.165) is 32.2 Å². The molecule has 2 aliphatic rings. The van der Waals surface area contributed by atoms with Crippen LogP contribution < -0.4 is 5.73 Å². The van der Waals surface area contributed by atoms with Crippen molar-refractivity contribution in [3.8, 4) is 0 Å². The Bertz CT molecular complexity index is 290. The third kappa shape index (κ3) is 2.03. The van der Waals surface area contributed by atoms with Crippen molar-refractivity contribution >= 4 is 6.09 Å². The van der Waals surface area contributed by atoms with Crippen LogP contribution >= 0.6 is 0 Å². The zero-order valence-corrected chi connectivity index (χ0v) is 10.5. The minimum absolute atomic E-state index is 0.0295. The van der Waals surface area contributed by atoms with Crippen LogP contribution in [0.2, 0.25) is 0 Å². The molecule has 1 heterocycles. The summed E-state index contributed by atoms with van der Waals surface area (Å²) >= 11 is 0. The number of amides is 1. The molecular formula is C12H22N2O2. The van der Waals surface area contributed by atoms with Gasteiger partial charge in [-0.25, -0.2) is 4.79 Å². The number of ether oxygens (including phenoxy) is 1. The van der Waals surface area contributed by atoms with Gasteiger partial charge < -0.3 is 15.4 Å². The first-order valence-electron chi connectivity index (χ1n) is 6.09. The molecule has 92 valence electrons. The van der Waals surface area contributed by atoms with E-state index in [4.69, 9.17) is 10.5 Å². The standard InChI is InChI=1S/C12H22N2O2/c1-11(2,3)16-10(15)14-6-4-5-12(14)7-9(13)8-12/h9H,4-8,13H2,1-3H3. The molecule has 4 heteroatoms. The van der Waals surface area contributed by atoms with Crippen molar-refractivity contribution in [1.29, 1.82) is 0 Å². The summed E-state index contributed by atoms with van der Waals surface area (Å²) in [6.45, 7) is 6.53. The summed E-state index contributed by atoms with van der Waals surface area (Å²) in [5.74, 6) is 0. The van der Waals surface area contributed by atoms with E-state index in [1.165, 1.54) is 0 Å². The number of carbonyl (C=O) groups excluding carboxylic acids is 1. The molecule has 0 bridgehead atoms. The van der Waals surface area contributed by atoms with Gasteiger partial charge in [0.15, 0.2) is 0 Å². The number of nitrogens with two attached hydrogens (primary N) is 1. The molecule has 2 fully saturated rings. The highest BCUT2D eigenvalue weighted by Gasteiger charge is 2.52. The van der Waals surface area contributed by atoms with Crippen LogP contribution in [0.4, 0.5) is 4.79 Å². The van der Waals surface area contributed by atoms with Gasteiger partial charge in [0, 0.05) is 18.1 Å². The number of likely N-dealkylation sites (tertiary alicyclic amines) is 1. The molecule has 2 N–H and O–H groups in total. The molecule has 2 rings (SSSR count). The van der Waals surface area contributed by atoms with Gasteiger partial charge in [-0.2, -0.15) is 0 Å². The number of hydrogen-bond donors (Lipinski definition) is 1. The average Bonchev–Trinajstić information content (AvgIpc) is 2.44. The van der Waals surface area contributed by atoms with Gasteiger partial charge in [-0.3, -0.25) is 0 Å². The lowest BCUT2D eigenvalue weighted by atomic mass is 9.71. The zero-order chi connectivity index (χ0) is 12.0. The normalized spacial score (nSPS) is 34.0. The van der Waals surface area contributed by atoms with Gasteiger partial charge in [0.1, 0.15) is 5.60 Å². The second-order valence-corrected chi connectivity index (χ2v) is 6.13. The Morgan fingerprint density at radius 3 is 2.56 bits per heavy atom. The Hall–Kier alpha value is -0.770. The second kappa shape index (κ2) is 3.62. The van der Waals surface area contributed by atoms with Crippen molar-refractivity contribution in [2.24, 2.45) is 5.73 Å². The highest BCUT2D eigenvalue weighted by Crippen LogP contribution is 2.45. The molecule has 1 aliphatic heterocycles. The lowest BCUT2D eigenvalue weighted by Gasteiger charge is -2.49. The molecule has 1 aliphatic carbocycles. The molecule has 0 unspecified atom stereocenters. The maximum absolute atomic E-state index is 12.0. The number of rotatable bonds is 0. The number of hydrogen-bond acceptors (Lipinski definition) is 3. The zero-order valence-electron chi connectivity index (χ0n) is 10.5. The van der Waals surface area contributed by atoms with Crippen LogP contribution in [0.15, 0.2) is 0 Å². The fraction of sp³-hybridized carbons (Fsp3) is 0.917.